The number of aliphatic hydroxyl groups is 1. The molecule has 0 rings (SSSR count). The Labute approximate surface area is 425 Å². The molecule has 0 heterocycles. The fourth-order valence-electron chi connectivity index (χ4n) is 7.00. The Hall–Kier alpha value is -3.70. The maximum Gasteiger partial charge on any atom is 0.306 e. The number of hydrogen-bond acceptors (Lipinski definition) is 17. The van der Waals surface area contributed by atoms with E-state index in [1.807, 2.05) is 0 Å². The number of carboxylic acid groups (broad SMARTS) is 2. The number of ketones is 5. The number of nitrogens with one attached hydrogen (secondary N) is 3. The second kappa shape index (κ2) is 47.3. The Balaban J connectivity index is 3.72. The van der Waals surface area contributed by atoms with Gasteiger partial charge in [-0.2, -0.15) is 11.8 Å². The van der Waals surface area contributed by atoms with E-state index < -0.39 is 42.3 Å². The number of carbonyl (C=O) groups excluding carboxylic acids is 7. The summed E-state index contributed by atoms with van der Waals surface area (Å²) in [5.41, 5.74) is 5.47. The Morgan fingerprint density at radius 1 is 0.549 bits per heavy atom. The van der Waals surface area contributed by atoms with Crippen LogP contribution < -0.4 is 21.7 Å². The van der Waals surface area contributed by atoms with Crippen molar-refractivity contribution in [1.29, 1.82) is 0 Å². The smallest absolute Gasteiger partial charge is 0.306 e. The van der Waals surface area contributed by atoms with E-state index in [-0.39, 0.29) is 139 Å². The van der Waals surface area contributed by atoms with Crippen LogP contribution in [0.1, 0.15) is 155 Å². The molecule has 0 aromatic rings. The summed E-state index contributed by atoms with van der Waals surface area (Å²) in [5, 5.41) is 35.4. The minimum atomic E-state index is -1.08. The van der Waals surface area contributed by atoms with E-state index in [0.29, 0.717) is 38.2 Å². The summed E-state index contributed by atoms with van der Waals surface area (Å²) in [4.78, 5) is 107. The number of nitrogens with two attached hydrogens (primary N) is 1. The van der Waals surface area contributed by atoms with Gasteiger partial charge >= 0.3 is 11.9 Å². The monoisotopic (exact) mass is 1030 g/mol. The Morgan fingerprint density at radius 2 is 1.07 bits per heavy atom. The minimum absolute atomic E-state index is 0.0116. The SMILES string of the molecule is CC(=O)[C@H](CSCC(=O)CCCNC(=O)COCCOCCCC(=O)COCCOCCNC(=O)CC[C@H](CC(=O)CCCCCCCCCCCCCCCCC(=O)O)C(=O)O)NCC(=O)[C@@H](N)CO. The zero-order valence-electron chi connectivity index (χ0n) is 42.5. The molecule has 0 aliphatic heterocycles. The van der Waals surface area contributed by atoms with Crippen LogP contribution in [0.5, 0.6) is 0 Å². The number of carbonyl (C=O) groups is 9. The van der Waals surface area contributed by atoms with Gasteiger partial charge in [-0.15, -0.1) is 0 Å². The zero-order chi connectivity index (χ0) is 52.7. The highest BCUT2D eigenvalue weighted by molar-refractivity contribution is 8.00. The molecule has 3 atom stereocenters. The molecule has 0 aromatic heterocycles. The predicted octanol–water partition coefficient (Wildman–Crippen LogP) is 3.92. The highest BCUT2D eigenvalue weighted by atomic mass is 32.2. The molecule has 0 saturated carbocycles. The van der Waals surface area contributed by atoms with Crippen LogP contribution >= 0.6 is 11.8 Å². The van der Waals surface area contributed by atoms with Gasteiger partial charge in [-0.25, -0.2) is 0 Å². The van der Waals surface area contributed by atoms with Crippen molar-refractivity contribution in [3.05, 3.63) is 0 Å². The first-order valence-corrected chi connectivity index (χ1v) is 26.9. The van der Waals surface area contributed by atoms with E-state index in [0.717, 1.165) is 44.9 Å². The van der Waals surface area contributed by atoms with E-state index in [1.165, 1.54) is 63.6 Å². The van der Waals surface area contributed by atoms with Crippen molar-refractivity contribution in [2.45, 2.75) is 167 Å². The third-order valence-corrected chi connectivity index (χ3v) is 12.4. The number of ether oxygens (including phenoxy) is 4. The fraction of sp³-hybridized carbons (Fsp3) is 0.820. The highest BCUT2D eigenvalue weighted by Crippen LogP contribution is 2.17. The summed E-state index contributed by atoms with van der Waals surface area (Å²) in [7, 11) is 0. The molecule has 0 unspecified atom stereocenters. The first kappa shape index (κ1) is 67.3. The quantitative estimate of drug-likeness (QED) is 0.0425. The lowest BCUT2D eigenvalue weighted by Gasteiger charge is -2.16. The van der Waals surface area contributed by atoms with E-state index in [9.17, 15) is 48.3 Å². The van der Waals surface area contributed by atoms with Crippen LogP contribution in [0.25, 0.3) is 0 Å². The molecule has 21 heteroatoms. The summed E-state index contributed by atoms with van der Waals surface area (Å²) >= 11 is 1.26. The second-order valence-electron chi connectivity index (χ2n) is 17.8. The van der Waals surface area contributed by atoms with Gasteiger partial charge in [-0.3, -0.25) is 48.5 Å². The van der Waals surface area contributed by atoms with E-state index >= 15 is 0 Å². The predicted molar refractivity (Wildman–Crippen MR) is 269 cm³/mol. The van der Waals surface area contributed by atoms with Crippen LogP contribution in [0.2, 0.25) is 0 Å². The van der Waals surface area contributed by atoms with Crippen LogP contribution in [-0.4, -0.2) is 171 Å². The molecule has 0 bridgehead atoms. The van der Waals surface area contributed by atoms with Gasteiger partial charge < -0.3 is 50.6 Å². The van der Waals surface area contributed by atoms with E-state index in [1.54, 1.807) is 0 Å². The maximum atomic E-state index is 12.5. The standard InChI is InChI=1S/C50H88N4O16S/c1-39(56)45(54-33-46(60)44(51)34-55)38-71-37-43(59)19-16-24-52-48(62)36-70-31-28-67-26-17-20-42(58)35-69-30-29-68-27-25-53-47(61)23-22-40(50(65)66)32-41(57)18-14-12-10-8-6-4-2-3-5-7-9-11-13-15-21-49(63)64/h40,44-45,54-55H,2-38,51H2,1H3,(H,52,62)(H,53,61)(H,63,64)(H,65,66)/t40-,44+,45+/m1/s1. The topological polar surface area (TPSA) is 313 Å². The zero-order valence-corrected chi connectivity index (χ0v) is 43.3. The normalized spacial score (nSPS) is 12.5. The molecule has 0 radical (unpaired) electrons. The van der Waals surface area contributed by atoms with Crippen molar-refractivity contribution in [1.82, 2.24) is 16.0 Å². The van der Waals surface area contributed by atoms with Gasteiger partial charge in [0.05, 0.1) is 69.9 Å². The average molecular weight is 1030 g/mol. The number of aliphatic carboxylic acids is 2. The molecular formula is C50H88N4O16S. The van der Waals surface area contributed by atoms with Gasteiger partial charge in [-0.05, 0) is 39.0 Å². The van der Waals surface area contributed by atoms with Gasteiger partial charge in [0.2, 0.25) is 11.8 Å². The van der Waals surface area contributed by atoms with Crippen molar-refractivity contribution in [3.8, 4) is 0 Å². The van der Waals surface area contributed by atoms with Gasteiger partial charge in [0.25, 0.3) is 0 Å². The molecule has 20 nitrogen and oxygen atoms in total. The number of rotatable bonds is 54. The number of unbranched alkanes of at least 4 members (excludes halogenated alkanes) is 13. The maximum absolute atomic E-state index is 12.5. The lowest BCUT2D eigenvalue weighted by molar-refractivity contribution is -0.144. The Kier molecular flexibility index (Phi) is 44.8. The van der Waals surface area contributed by atoms with Crippen LogP contribution in [0.3, 0.4) is 0 Å². The average Bonchev–Trinajstić information content (AvgIpc) is 3.33. The number of hydrogen-bond donors (Lipinski definition) is 7. The van der Waals surface area contributed by atoms with E-state index in [4.69, 9.17) is 34.9 Å². The van der Waals surface area contributed by atoms with Crippen molar-refractivity contribution in [3.63, 3.8) is 0 Å². The summed E-state index contributed by atoms with van der Waals surface area (Å²) in [5.74, 6) is -3.69. The number of aliphatic hydroxyl groups excluding tert-OH is 1. The number of Topliss-reactive ketones (excluding diaryl/α,β-unsaturated/α-hetero) is 5. The molecule has 410 valence electrons. The minimum Gasteiger partial charge on any atom is -0.481 e. The van der Waals surface area contributed by atoms with E-state index in [2.05, 4.69) is 16.0 Å². The number of thioether (sulfide) groups is 1. The lowest BCUT2D eigenvalue weighted by Crippen LogP contribution is -2.46. The molecule has 0 saturated heterocycles. The van der Waals surface area contributed by atoms with Crippen molar-refractivity contribution in [2.24, 2.45) is 11.7 Å². The summed E-state index contributed by atoms with van der Waals surface area (Å²) in [6, 6.07) is -1.64. The number of carboxylic acids is 2. The third kappa shape index (κ3) is 44.7. The van der Waals surface area contributed by atoms with Crippen LogP contribution in [0, 0.1) is 5.92 Å². The summed E-state index contributed by atoms with van der Waals surface area (Å²) < 4.78 is 21.5. The molecule has 0 fully saturated rings. The van der Waals surface area contributed by atoms with Crippen LogP contribution in [0.15, 0.2) is 0 Å². The fourth-order valence-corrected chi connectivity index (χ4v) is 8.08. The molecule has 71 heavy (non-hydrogen) atoms. The summed E-state index contributed by atoms with van der Waals surface area (Å²) in [6.07, 6.45) is 17.2. The summed E-state index contributed by atoms with van der Waals surface area (Å²) in [6.45, 7) is 2.39. The van der Waals surface area contributed by atoms with Crippen LogP contribution in [-0.2, 0) is 62.1 Å². The van der Waals surface area contributed by atoms with Crippen LogP contribution in [0.4, 0.5) is 0 Å². The lowest BCUT2D eigenvalue weighted by atomic mass is 9.94. The molecule has 0 aliphatic rings. The molecule has 0 spiro atoms. The Bertz CT molecular complexity index is 1510. The van der Waals surface area contributed by atoms with Gasteiger partial charge in [0.1, 0.15) is 30.6 Å². The van der Waals surface area contributed by atoms with Gasteiger partial charge in [0, 0.05) is 64.0 Å². The molecule has 8 N–H and O–H groups in total. The number of amides is 2. The third-order valence-electron chi connectivity index (χ3n) is 11.3. The molecule has 0 aliphatic carbocycles. The highest BCUT2D eigenvalue weighted by Gasteiger charge is 2.22. The molecular weight excluding hydrogens is 945 g/mol. The largest absolute Gasteiger partial charge is 0.481 e. The molecule has 0 aromatic carbocycles. The molecule has 2 amide bonds. The first-order valence-electron chi connectivity index (χ1n) is 25.7. The van der Waals surface area contributed by atoms with Crippen molar-refractivity contribution in [2.75, 3.05) is 90.6 Å². The van der Waals surface area contributed by atoms with Crippen molar-refractivity contribution >= 4 is 64.4 Å². The first-order chi connectivity index (χ1) is 34.2. The van der Waals surface area contributed by atoms with Gasteiger partial charge in [-0.1, -0.05) is 77.0 Å². The second-order valence-corrected chi connectivity index (χ2v) is 18.8. The Morgan fingerprint density at radius 3 is 1.65 bits per heavy atom. The van der Waals surface area contributed by atoms with Gasteiger partial charge in [0.15, 0.2) is 11.6 Å². The van der Waals surface area contributed by atoms with Crippen molar-refractivity contribution < 1.29 is 77.4 Å².